The fourth-order valence-corrected chi connectivity index (χ4v) is 5.85. The number of hydrogen-bond donors (Lipinski definition) is 2. The first-order chi connectivity index (χ1) is 14.2. The van der Waals surface area contributed by atoms with Gasteiger partial charge < -0.3 is 10.6 Å². The fraction of sp³-hybridized carbons (Fsp3) is 0.333. The van der Waals surface area contributed by atoms with Gasteiger partial charge in [-0.3, -0.25) is 9.59 Å². The Kier molecular flexibility index (Phi) is 6.54. The van der Waals surface area contributed by atoms with Crippen LogP contribution in [-0.4, -0.2) is 42.9 Å². The number of fused-ring (bicyclic) bond motifs is 1. The van der Waals surface area contributed by atoms with Crippen LogP contribution in [0.15, 0.2) is 46.2 Å². The average molecular weight is 448 g/mol. The van der Waals surface area contributed by atoms with Crippen molar-refractivity contribution in [2.24, 2.45) is 0 Å². The summed E-state index contributed by atoms with van der Waals surface area (Å²) < 4.78 is 27.2. The van der Waals surface area contributed by atoms with Gasteiger partial charge in [-0.05, 0) is 49.7 Å². The Hall–Kier alpha value is -2.36. The van der Waals surface area contributed by atoms with Crippen molar-refractivity contribution in [3.63, 3.8) is 0 Å². The zero-order valence-electron chi connectivity index (χ0n) is 17.4. The predicted octanol–water partition coefficient (Wildman–Crippen LogP) is 3.71. The Labute approximate surface area is 181 Å². The number of carbonyl (C=O) groups is 2. The SMILES string of the molecule is CCN(CC)S(=O)(=O)c1cc(NC(=O)c2ccc3c(c2)NC(=O)[C@H](C)S3)ccc1C. The van der Waals surface area contributed by atoms with E-state index < -0.39 is 10.0 Å². The predicted molar refractivity (Wildman–Crippen MR) is 120 cm³/mol. The standard InChI is InChI=1S/C21H25N3O4S2/c1-5-24(6-2)30(27,28)19-12-16(9-7-13(19)3)22-21(26)15-8-10-18-17(11-15)23-20(25)14(4)29-18/h7-12,14H,5-6H2,1-4H3,(H,22,26)(H,23,25)/t14-/m0/s1. The van der Waals surface area contributed by atoms with Crippen LogP contribution in [0, 0.1) is 6.92 Å². The molecular weight excluding hydrogens is 422 g/mol. The Morgan fingerprint density at radius 2 is 1.87 bits per heavy atom. The van der Waals surface area contributed by atoms with Gasteiger partial charge in [0.1, 0.15) is 0 Å². The van der Waals surface area contributed by atoms with Crippen molar-refractivity contribution in [2.45, 2.75) is 42.7 Å². The molecule has 7 nitrogen and oxygen atoms in total. The van der Waals surface area contributed by atoms with Crippen LogP contribution in [0.1, 0.15) is 36.7 Å². The molecule has 0 saturated carbocycles. The van der Waals surface area contributed by atoms with Crippen LogP contribution >= 0.6 is 11.8 Å². The lowest BCUT2D eigenvalue weighted by Crippen LogP contribution is -2.31. The Morgan fingerprint density at radius 1 is 1.17 bits per heavy atom. The van der Waals surface area contributed by atoms with Gasteiger partial charge in [0.2, 0.25) is 15.9 Å². The van der Waals surface area contributed by atoms with E-state index in [0.717, 1.165) is 4.90 Å². The zero-order chi connectivity index (χ0) is 22.1. The first-order valence-corrected chi connectivity index (χ1v) is 12.0. The lowest BCUT2D eigenvalue weighted by Gasteiger charge is -2.22. The molecule has 2 amide bonds. The van der Waals surface area contributed by atoms with E-state index in [2.05, 4.69) is 10.6 Å². The molecule has 1 heterocycles. The molecule has 0 aromatic heterocycles. The molecule has 30 heavy (non-hydrogen) atoms. The van der Waals surface area contributed by atoms with E-state index in [-0.39, 0.29) is 22.0 Å². The lowest BCUT2D eigenvalue weighted by molar-refractivity contribution is -0.115. The van der Waals surface area contributed by atoms with Gasteiger partial charge in [0.25, 0.3) is 5.91 Å². The molecule has 3 rings (SSSR count). The number of thioether (sulfide) groups is 1. The van der Waals surface area contributed by atoms with Crippen molar-refractivity contribution >= 4 is 45.0 Å². The molecule has 0 saturated heterocycles. The van der Waals surface area contributed by atoms with Crippen molar-refractivity contribution in [2.75, 3.05) is 23.7 Å². The normalized spacial score (nSPS) is 16.2. The number of rotatable bonds is 6. The second-order valence-electron chi connectivity index (χ2n) is 6.98. The molecule has 0 radical (unpaired) electrons. The summed E-state index contributed by atoms with van der Waals surface area (Å²) >= 11 is 1.44. The third-order valence-corrected chi connectivity index (χ3v) is 8.31. The first kappa shape index (κ1) is 22.3. The Morgan fingerprint density at radius 3 is 2.53 bits per heavy atom. The van der Waals surface area contributed by atoms with Gasteiger partial charge in [0.15, 0.2) is 0 Å². The van der Waals surface area contributed by atoms with Gasteiger partial charge in [-0.1, -0.05) is 19.9 Å². The second kappa shape index (κ2) is 8.79. The fourth-order valence-electron chi connectivity index (χ4n) is 3.21. The van der Waals surface area contributed by atoms with E-state index in [1.54, 1.807) is 51.1 Å². The number of amides is 2. The number of nitrogens with one attached hydrogen (secondary N) is 2. The third-order valence-electron chi connectivity index (χ3n) is 4.94. The summed E-state index contributed by atoms with van der Waals surface area (Å²) in [6.45, 7) is 7.86. The molecule has 1 aliphatic rings. The van der Waals surface area contributed by atoms with Crippen LogP contribution in [-0.2, 0) is 14.8 Å². The molecule has 0 bridgehead atoms. The van der Waals surface area contributed by atoms with E-state index in [4.69, 9.17) is 0 Å². The van der Waals surface area contributed by atoms with Crippen molar-refractivity contribution in [1.29, 1.82) is 0 Å². The topological polar surface area (TPSA) is 95.6 Å². The number of anilines is 2. The molecular formula is C21H25N3O4S2. The van der Waals surface area contributed by atoms with Crippen LogP contribution in [0.4, 0.5) is 11.4 Å². The van der Waals surface area contributed by atoms with Gasteiger partial charge in [-0.2, -0.15) is 4.31 Å². The summed E-state index contributed by atoms with van der Waals surface area (Å²) in [4.78, 5) is 25.7. The van der Waals surface area contributed by atoms with Crippen LogP contribution in [0.3, 0.4) is 0 Å². The smallest absolute Gasteiger partial charge is 0.255 e. The molecule has 2 aromatic rings. The lowest BCUT2D eigenvalue weighted by atomic mass is 10.1. The van der Waals surface area contributed by atoms with Crippen LogP contribution in [0.25, 0.3) is 0 Å². The van der Waals surface area contributed by atoms with E-state index in [1.807, 2.05) is 6.92 Å². The minimum atomic E-state index is -3.65. The van der Waals surface area contributed by atoms with Gasteiger partial charge in [0.05, 0.1) is 15.8 Å². The molecule has 1 atom stereocenters. The van der Waals surface area contributed by atoms with Crippen LogP contribution in [0.2, 0.25) is 0 Å². The Balaban J connectivity index is 1.86. The van der Waals surface area contributed by atoms with E-state index in [9.17, 15) is 18.0 Å². The maximum atomic E-state index is 12.9. The van der Waals surface area contributed by atoms with Crippen LogP contribution in [0.5, 0.6) is 0 Å². The maximum absolute atomic E-state index is 12.9. The number of benzene rings is 2. The second-order valence-corrected chi connectivity index (χ2v) is 10.3. The highest BCUT2D eigenvalue weighted by Crippen LogP contribution is 2.36. The van der Waals surface area contributed by atoms with Gasteiger partial charge in [-0.15, -0.1) is 11.8 Å². The molecule has 2 aromatic carbocycles. The zero-order valence-corrected chi connectivity index (χ0v) is 19.0. The van der Waals surface area contributed by atoms with Crippen molar-refractivity contribution < 1.29 is 18.0 Å². The number of aryl methyl sites for hydroxylation is 1. The number of nitrogens with zero attached hydrogens (tertiary/aromatic N) is 1. The van der Waals surface area contributed by atoms with Crippen molar-refractivity contribution in [3.05, 3.63) is 47.5 Å². The molecule has 2 N–H and O–H groups in total. The van der Waals surface area contributed by atoms with Gasteiger partial charge >= 0.3 is 0 Å². The Bertz CT molecular complexity index is 1100. The summed E-state index contributed by atoms with van der Waals surface area (Å²) in [6.07, 6.45) is 0. The number of hydrogen-bond acceptors (Lipinski definition) is 5. The summed E-state index contributed by atoms with van der Waals surface area (Å²) in [6, 6.07) is 9.95. The quantitative estimate of drug-likeness (QED) is 0.704. The minimum absolute atomic E-state index is 0.102. The van der Waals surface area contributed by atoms with Crippen molar-refractivity contribution in [3.8, 4) is 0 Å². The van der Waals surface area contributed by atoms with E-state index in [0.29, 0.717) is 35.6 Å². The molecule has 9 heteroatoms. The maximum Gasteiger partial charge on any atom is 0.255 e. The summed E-state index contributed by atoms with van der Waals surface area (Å²) in [5.74, 6) is -0.486. The highest BCUT2D eigenvalue weighted by Gasteiger charge is 2.25. The van der Waals surface area contributed by atoms with Gasteiger partial charge in [-0.25, -0.2) is 8.42 Å². The van der Waals surface area contributed by atoms with E-state index >= 15 is 0 Å². The molecule has 0 spiro atoms. The van der Waals surface area contributed by atoms with Gasteiger partial charge in [0, 0.05) is 29.2 Å². The number of sulfonamides is 1. The summed E-state index contributed by atoms with van der Waals surface area (Å²) in [7, 11) is -3.65. The summed E-state index contributed by atoms with van der Waals surface area (Å²) in [5, 5.41) is 5.38. The van der Waals surface area contributed by atoms with Crippen molar-refractivity contribution in [1.82, 2.24) is 4.31 Å². The molecule has 1 aliphatic heterocycles. The minimum Gasteiger partial charge on any atom is -0.324 e. The number of carbonyl (C=O) groups excluding carboxylic acids is 2. The van der Waals surface area contributed by atoms with Crippen LogP contribution < -0.4 is 10.6 Å². The highest BCUT2D eigenvalue weighted by atomic mass is 32.2. The molecule has 0 unspecified atom stereocenters. The third kappa shape index (κ3) is 4.38. The first-order valence-electron chi connectivity index (χ1n) is 9.71. The monoisotopic (exact) mass is 447 g/mol. The highest BCUT2D eigenvalue weighted by molar-refractivity contribution is 8.01. The van der Waals surface area contributed by atoms with E-state index in [1.165, 1.54) is 22.1 Å². The molecule has 160 valence electrons. The molecule has 0 fully saturated rings. The largest absolute Gasteiger partial charge is 0.324 e. The molecule has 0 aliphatic carbocycles. The summed E-state index contributed by atoms with van der Waals surface area (Å²) in [5.41, 5.74) is 1.98. The average Bonchev–Trinajstić information content (AvgIpc) is 2.70.